The Morgan fingerprint density at radius 2 is 1.57 bits per heavy atom. The zero-order chi connectivity index (χ0) is 27.0. The molecule has 2 saturated heterocycles. The maximum Gasteiger partial charge on any atom is 0.417 e. The summed E-state index contributed by atoms with van der Waals surface area (Å²) in [6.07, 6.45) is -2.90. The quantitative estimate of drug-likeness (QED) is 0.584. The number of sulfone groups is 1. The predicted octanol–water partition coefficient (Wildman–Crippen LogP) is 2.90. The van der Waals surface area contributed by atoms with Crippen LogP contribution in [0.1, 0.15) is 31.2 Å². The van der Waals surface area contributed by atoms with Gasteiger partial charge in [0.15, 0.2) is 0 Å². The first-order valence-corrected chi connectivity index (χ1v) is 14.8. The van der Waals surface area contributed by atoms with Crippen molar-refractivity contribution in [2.24, 2.45) is 0 Å². The molecule has 0 spiro atoms. The average Bonchev–Trinajstić information content (AvgIpc) is 3.29. The number of likely N-dealkylation sites (tertiary alicyclic amines) is 2. The number of carbonyl (C=O) groups excluding carboxylic acids is 1. The summed E-state index contributed by atoms with van der Waals surface area (Å²) in [6, 6.07) is 7.92. The van der Waals surface area contributed by atoms with Crippen LogP contribution in [0.15, 0.2) is 63.2 Å². The van der Waals surface area contributed by atoms with Crippen LogP contribution in [0.5, 0.6) is 0 Å². The SMILES string of the molecule is CN1CCC[C@H]1C(=O)N1CCC(NS(=O)(=O)c2cc(S(=O)(=O)c3ccccc3)ccc2C(F)(F)F)CC1. The summed E-state index contributed by atoms with van der Waals surface area (Å²) in [5, 5.41) is 0. The first kappa shape index (κ1) is 27.6. The van der Waals surface area contributed by atoms with Crippen LogP contribution in [0.2, 0.25) is 0 Å². The molecule has 1 N–H and O–H groups in total. The van der Waals surface area contributed by atoms with E-state index in [2.05, 4.69) is 4.72 Å². The van der Waals surface area contributed by atoms with Crippen LogP contribution in [0.4, 0.5) is 13.2 Å². The third-order valence-electron chi connectivity index (χ3n) is 6.85. The number of piperidine rings is 1. The van der Waals surface area contributed by atoms with E-state index in [1.165, 1.54) is 24.3 Å². The summed E-state index contributed by atoms with van der Waals surface area (Å²) < 4.78 is 95.8. The highest BCUT2D eigenvalue weighted by atomic mass is 32.2. The van der Waals surface area contributed by atoms with E-state index in [4.69, 9.17) is 0 Å². The van der Waals surface area contributed by atoms with Crippen molar-refractivity contribution in [3.63, 3.8) is 0 Å². The second-order valence-electron chi connectivity index (χ2n) is 9.33. The van der Waals surface area contributed by atoms with Crippen LogP contribution in [-0.2, 0) is 30.8 Å². The fourth-order valence-electron chi connectivity index (χ4n) is 4.80. The second-order valence-corrected chi connectivity index (χ2v) is 13.0. The third-order valence-corrected chi connectivity index (χ3v) is 10.2. The number of nitrogens with one attached hydrogen (secondary N) is 1. The number of halogens is 3. The van der Waals surface area contributed by atoms with Crippen molar-refractivity contribution in [3.05, 3.63) is 54.1 Å². The van der Waals surface area contributed by atoms with Crippen LogP contribution in [0.25, 0.3) is 0 Å². The van der Waals surface area contributed by atoms with Crippen LogP contribution in [0.3, 0.4) is 0 Å². The monoisotopic (exact) mass is 559 g/mol. The van der Waals surface area contributed by atoms with Gasteiger partial charge in [-0.15, -0.1) is 0 Å². The van der Waals surface area contributed by atoms with Crippen LogP contribution in [0, 0.1) is 0 Å². The Morgan fingerprint density at radius 1 is 0.919 bits per heavy atom. The smallest absolute Gasteiger partial charge is 0.341 e. The predicted molar refractivity (Wildman–Crippen MR) is 129 cm³/mol. The Bertz CT molecular complexity index is 1360. The largest absolute Gasteiger partial charge is 0.417 e. The molecule has 0 unspecified atom stereocenters. The van der Waals surface area contributed by atoms with Gasteiger partial charge in [0, 0.05) is 19.1 Å². The first-order chi connectivity index (χ1) is 17.3. The molecule has 13 heteroatoms. The fraction of sp³-hybridized carbons (Fsp3) is 0.458. The lowest BCUT2D eigenvalue weighted by molar-refractivity contribution is -0.140. The van der Waals surface area contributed by atoms with E-state index in [1.54, 1.807) is 11.0 Å². The lowest BCUT2D eigenvalue weighted by Crippen LogP contribution is -2.51. The highest BCUT2D eigenvalue weighted by Gasteiger charge is 2.40. The summed E-state index contributed by atoms with van der Waals surface area (Å²) in [6.45, 7) is 1.36. The Morgan fingerprint density at radius 3 is 2.14 bits per heavy atom. The summed E-state index contributed by atoms with van der Waals surface area (Å²) >= 11 is 0. The summed E-state index contributed by atoms with van der Waals surface area (Å²) in [5.41, 5.74) is -1.45. The fourth-order valence-corrected chi connectivity index (χ4v) is 7.74. The van der Waals surface area contributed by atoms with Gasteiger partial charge in [-0.05, 0) is 69.6 Å². The number of alkyl halides is 3. The lowest BCUT2D eigenvalue weighted by Gasteiger charge is -2.35. The Kier molecular flexibility index (Phi) is 7.71. The standard InChI is InChI=1S/C24H28F3N3O5S2/c1-29-13-5-8-21(29)23(31)30-14-11-17(12-15-30)28-37(34,35)22-16-19(9-10-20(22)24(25,26)27)36(32,33)18-6-3-2-4-7-18/h2-4,6-7,9-10,16-17,21,28H,5,8,11-15H2,1H3/t21-/m0/s1. The van der Waals surface area contributed by atoms with Gasteiger partial charge in [0.05, 0.1) is 26.3 Å². The minimum absolute atomic E-state index is 0.0283. The van der Waals surface area contributed by atoms with Gasteiger partial charge >= 0.3 is 6.18 Å². The maximum atomic E-state index is 13.7. The van der Waals surface area contributed by atoms with Crippen molar-refractivity contribution in [1.29, 1.82) is 0 Å². The van der Waals surface area contributed by atoms with Gasteiger partial charge in [-0.3, -0.25) is 9.69 Å². The molecule has 0 saturated carbocycles. The Hall–Kier alpha value is -2.48. The molecule has 0 aromatic heterocycles. The van der Waals surface area contributed by atoms with Crippen molar-refractivity contribution in [3.8, 4) is 0 Å². The first-order valence-electron chi connectivity index (χ1n) is 11.8. The molecule has 37 heavy (non-hydrogen) atoms. The van der Waals surface area contributed by atoms with E-state index in [1.807, 2.05) is 11.9 Å². The normalized spacial score (nSPS) is 20.3. The number of sulfonamides is 1. The van der Waals surface area contributed by atoms with E-state index in [0.717, 1.165) is 25.5 Å². The molecule has 2 aromatic rings. The number of hydrogen-bond donors (Lipinski definition) is 1. The zero-order valence-corrected chi connectivity index (χ0v) is 21.7. The van der Waals surface area contributed by atoms with E-state index >= 15 is 0 Å². The van der Waals surface area contributed by atoms with Crippen molar-refractivity contribution in [2.45, 2.75) is 58.6 Å². The molecule has 0 radical (unpaired) electrons. The number of nitrogens with zero attached hydrogens (tertiary/aromatic N) is 2. The van der Waals surface area contributed by atoms with Gasteiger partial charge < -0.3 is 4.90 Å². The Labute approximate surface area is 214 Å². The average molecular weight is 560 g/mol. The van der Waals surface area contributed by atoms with Gasteiger partial charge in [0.2, 0.25) is 25.8 Å². The molecule has 4 rings (SSSR count). The van der Waals surface area contributed by atoms with Gasteiger partial charge in [0.1, 0.15) is 0 Å². The topological polar surface area (TPSA) is 104 Å². The number of carbonyl (C=O) groups is 1. The maximum absolute atomic E-state index is 13.7. The molecule has 2 aliphatic rings. The van der Waals surface area contributed by atoms with Crippen LogP contribution in [-0.4, -0.2) is 71.3 Å². The number of likely N-dealkylation sites (N-methyl/N-ethyl adjacent to an activating group) is 1. The summed E-state index contributed by atoms with van der Waals surface area (Å²) in [4.78, 5) is 14.5. The molecule has 2 aliphatic heterocycles. The number of hydrogen-bond acceptors (Lipinski definition) is 6. The minimum Gasteiger partial charge on any atom is -0.341 e. The Balaban J connectivity index is 1.56. The third kappa shape index (κ3) is 5.84. The van der Waals surface area contributed by atoms with Gasteiger partial charge in [-0.25, -0.2) is 21.6 Å². The van der Waals surface area contributed by atoms with E-state index < -0.39 is 47.4 Å². The van der Waals surface area contributed by atoms with E-state index in [0.29, 0.717) is 12.1 Å². The van der Waals surface area contributed by atoms with Gasteiger partial charge in [0.25, 0.3) is 0 Å². The molecule has 202 valence electrons. The van der Waals surface area contributed by atoms with Crippen molar-refractivity contribution in [2.75, 3.05) is 26.7 Å². The lowest BCUT2D eigenvalue weighted by atomic mass is 10.0. The van der Waals surface area contributed by atoms with Crippen LogP contribution >= 0.6 is 0 Å². The van der Waals surface area contributed by atoms with Crippen molar-refractivity contribution < 1.29 is 34.8 Å². The summed E-state index contributed by atoms with van der Waals surface area (Å²) in [7, 11) is -7.13. The molecule has 8 nitrogen and oxygen atoms in total. The van der Waals surface area contributed by atoms with Crippen LogP contribution < -0.4 is 4.72 Å². The van der Waals surface area contributed by atoms with Gasteiger partial charge in [-0.1, -0.05) is 18.2 Å². The molecule has 1 atom stereocenters. The zero-order valence-electron chi connectivity index (χ0n) is 20.1. The number of benzene rings is 2. The van der Waals surface area contributed by atoms with E-state index in [9.17, 15) is 34.8 Å². The highest BCUT2D eigenvalue weighted by Crippen LogP contribution is 2.36. The highest BCUT2D eigenvalue weighted by molar-refractivity contribution is 7.91. The molecular formula is C24H28F3N3O5S2. The summed E-state index contributed by atoms with van der Waals surface area (Å²) in [5.74, 6) is -0.0283. The van der Waals surface area contributed by atoms with Gasteiger partial charge in [-0.2, -0.15) is 13.2 Å². The van der Waals surface area contributed by atoms with Crippen molar-refractivity contribution in [1.82, 2.24) is 14.5 Å². The van der Waals surface area contributed by atoms with Crippen molar-refractivity contribution >= 4 is 25.8 Å². The van der Waals surface area contributed by atoms with E-state index in [-0.39, 0.29) is 42.8 Å². The molecule has 0 bridgehead atoms. The molecule has 2 fully saturated rings. The molecule has 2 aromatic carbocycles. The number of rotatable bonds is 6. The molecule has 0 aliphatic carbocycles. The molecule has 2 heterocycles. The molecular weight excluding hydrogens is 531 g/mol. The second kappa shape index (κ2) is 10.4. The minimum atomic E-state index is -5.03. The molecule has 1 amide bonds. The number of amides is 1.